The second kappa shape index (κ2) is 8.03. The monoisotopic (exact) mass is 453 g/mol. The molecule has 0 unspecified atom stereocenters. The van der Waals surface area contributed by atoms with Crippen LogP contribution in [0.25, 0.3) is 16.8 Å². The number of aryl methyl sites for hydroxylation is 2. The molecular weight excluding hydrogens is 433 g/mol. The van der Waals surface area contributed by atoms with E-state index in [0.29, 0.717) is 47.2 Å². The van der Waals surface area contributed by atoms with E-state index in [0.717, 1.165) is 11.3 Å². The van der Waals surface area contributed by atoms with E-state index < -0.39 is 5.82 Å². The smallest absolute Gasteiger partial charge is 0.258 e. The van der Waals surface area contributed by atoms with Crippen molar-refractivity contribution in [1.82, 2.24) is 19.2 Å². The molecule has 4 aromatic rings. The van der Waals surface area contributed by atoms with Crippen molar-refractivity contribution in [1.29, 1.82) is 0 Å². The normalized spacial score (nSPS) is 16.6. The molecule has 1 aliphatic rings. The largest absolute Gasteiger partial charge is 0.370 e. The Morgan fingerprint density at radius 3 is 2.78 bits per heavy atom. The van der Waals surface area contributed by atoms with Crippen molar-refractivity contribution in [2.45, 2.75) is 13.0 Å². The van der Waals surface area contributed by atoms with E-state index in [9.17, 15) is 9.18 Å². The van der Waals surface area contributed by atoms with Crippen molar-refractivity contribution in [2.24, 2.45) is 7.05 Å². The summed E-state index contributed by atoms with van der Waals surface area (Å²) < 4.78 is 24.0. The number of pyridine rings is 1. The Morgan fingerprint density at radius 1 is 1.19 bits per heavy atom. The highest BCUT2D eigenvalue weighted by Gasteiger charge is 2.25. The first-order valence-corrected chi connectivity index (χ1v) is 10.6. The molecule has 164 valence electrons. The van der Waals surface area contributed by atoms with Crippen LogP contribution in [0, 0.1) is 12.7 Å². The summed E-state index contributed by atoms with van der Waals surface area (Å²) in [5, 5.41) is 4.54. The van der Waals surface area contributed by atoms with Gasteiger partial charge in [0.1, 0.15) is 17.6 Å². The highest BCUT2D eigenvalue weighted by molar-refractivity contribution is 6.30. The van der Waals surface area contributed by atoms with Gasteiger partial charge in [-0.25, -0.2) is 9.37 Å². The van der Waals surface area contributed by atoms with Crippen LogP contribution >= 0.6 is 11.6 Å². The van der Waals surface area contributed by atoms with Gasteiger partial charge >= 0.3 is 0 Å². The van der Waals surface area contributed by atoms with Gasteiger partial charge in [0.15, 0.2) is 0 Å². The second-order valence-electron chi connectivity index (χ2n) is 7.92. The van der Waals surface area contributed by atoms with Gasteiger partial charge in [-0.15, -0.1) is 0 Å². The summed E-state index contributed by atoms with van der Waals surface area (Å²) in [6.45, 7) is 3.48. The van der Waals surface area contributed by atoms with Crippen molar-refractivity contribution in [2.75, 3.05) is 24.6 Å². The Bertz CT molecular complexity index is 1380. The minimum Gasteiger partial charge on any atom is -0.370 e. The van der Waals surface area contributed by atoms with Crippen LogP contribution < -0.4 is 10.5 Å². The van der Waals surface area contributed by atoms with E-state index in [1.165, 1.54) is 16.5 Å². The number of fused-ring (bicyclic) bond motifs is 1. The fraction of sp³-hybridized carbons (Fsp3) is 0.261. The zero-order valence-electron chi connectivity index (χ0n) is 17.6. The van der Waals surface area contributed by atoms with Crippen LogP contribution in [0.3, 0.4) is 0 Å². The topological polar surface area (TPSA) is 64.7 Å². The Labute approximate surface area is 188 Å². The van der Waals surface area contributed by atoms with Crippen molar-refractivity contribution in [3.05, 3.63) is 81.4 Å². The second-order valence-corrected chi connectivity index (χ2v) is 8.35. The molecule has 5 rings (SSSR count). The van der Waals surface area contributed by atoms with Crippen molar-refractivity contribution >= 4 is 22.9 Å². The third-order valence-electron chi connectivity index (χ3n) is 5.62. The highest BCUT2D eigenvalue weighted by Crippen LogP contribution is 2.33. The first-order chi connectivity index (χ1) is 15.4. The number of benzene rings is 1. The molecular formula is C23H21ClFN5O2. The van der Waals surface area contributed by atoms with Crippen LogP contribution in [0.15, 0.2) is 53.7 Å². The summed E-state index contributed by atoms with van der Waals surface area (Å²) in [5.74, 6) is -0.470. The van der Waals surface area contributed by atoms with Crippen molar-refractivity contribution in [3.8, 4) is 11.1 Å². The Balaban J connectivity index is 1.64. The number of aromatic nitrogens is 4. The molecule has 1 fully saturated rings. The highest BCUT2D eigenvalue weighted by atomic mass is 35.5. The van der Waals surface area contributed by atoms with Gasteiger partial charge in [-0.1, -0.05) is 11.6 Å². The lowest BCUT2D eigenvalue weighted by Crippen LogP contribution is -2.38. The lowest BCUT2D eigenvalue weighted by molar-refractivity contribution is 0.0397. The fourth-order valence-corrected chi connectivity index (χ4v) is 4.23. The summed E-state index contributed by atoms with van der Waals surface area (Å²) in [6.07, 6.45) is 5.32. The van der Waals surface area contributed by atoms with Crippen LogP contribution in [-0.2, 0) is 11.8 Å². The molecule has 0 N–H and O–H groups in total. The van der Waals surface area contributed by atoms with Gasteiger partial charge in [-0.3, -0.25) is 13.9 Å². The molecule has 0 aliphatic carbocycles. The Morgan fingerprint density at radius 2 is 2.03 bits per heavy atom. The SMILES string of the molecule is Cc1cc(=O)n2cc(N3CCO[C@@H](c4cnn(C)c4)C3)cc(-c3ccc(Cl)cc3F)c2n1. The number of morpholine rings is 1. The summed E-state index contributed by atoms with van der Waals surface area (Å²) >= 11 is 5.96. The molecule has 1 atom stereocenters. The van der Waals surface area contributed by atoms with Gasteiger partial charge in [0.05, 0.1) is 18.5 Å². The quantitative estimate of drug-likeness (QED) is 0.472. The molecule has 1 aliphatic heterocycles. The van der Waals surface area contributed by atoms with Crippen LogP contribution in [0.2, 0.25) is 5.02 Å². The Kier molecular flexibility index (Phi) is 5.19. The van der Waals surface area contributed by atoms with E-state index in [-0.39, 0.29) is 11.7 Å². The van der Waals surface area contributed by atoms with E-state index in [4.69, 9.17) is 16.3 Å². The van der Waals surface area contributed by atoms with Crippen LogP contribution in [-0.4, -0.2) is 38.9 Å². The van der Waals surface area contributed by atoms with E-state index >= 15 is 0 Å². The maximum absolute atomic E-state index is 14.9. The van der Waals surface area contributed by atoms with Gasteiger partial charge in [0, 0.05) is 66.0 Å². The van der Waals surface area contributed by atoms with E-state index in [1.807, 2.05) is 19.3 Å². The van der Waals surface area contributed by atoms with Crippen LogP contribution in [0.4, 0.5) is 10.1 Å². The van der Waals surface area contributed by atoms with Gasteiger partial charge in [0.2, 0.25) is 0 Å². The molecule has 0 saturated carbocycles. The zero-order chi connectivity index (χ0) is 22.4. The summed E-state index contributed by atoms with van der Waals surface area (Å²) in [5.41, 5.74) is 3.38. The first-order valence-electron chi connectivity index (χ1n) is 10.2. The lowest BCUT2D eigenvalue weighted by Gasteiger charge is -2.34. The van der Waals surface area contributed by atoms with Crippen molar-refractivity contribution in [3.63, 3.8) is 0 Å². The van der Waals surface area contributed by atoms with Crippen LogP contribution in [0.1, 0.15) is 17.4 Å². The zero-order valence-corrected chi connectivity index (χ0v) is 18.4. The standard InChI is InChI=1S/C23H21ClFN5O2/c1-14-7-22(31)30-12-17(29-5-6-32-21(13-29)15-10-26-28(2)11-15)9-19(23(30)27-14)18-4-3-16(24)8-20(18)25/h3-4,7-12,21H,5-6,13H2,1-2H3/t21-/m1/s1. The predicted octanol–water partition coefficient (Wildman–Crippen LogP) is 3.77. The maximum Gasteiger partial charge on any atom is 0.258 e. The number of hydrogen-bond acceptors (Lipinski definition) is 5. The van der Waals surface area contributed by atoms with Gasteiger partial charge in [-0.05, 0) is 31.2 Å². The van der Waals surface area contributed by atoms with Crippen molar-refractivity contribution < 1.29 is 9.13 Å². The molecule has 0 radical (unpaired) electrons. The molecule has 1 saturated heterocycles. The van der Waals surface area contributed by atoms with Gasteiger partial charge in [-0.2, -0.15) is 5.10 Å². The number of halogens is 2. The lowest BCUT2D eigenvalue weighted by atomic mass is 10.0. The van der Waals surface area contributed by atoms with E-state index in [1.54, 1.807) is 36.1 Å². The molecule has 32 heavy (non-hydrogen) atoms. The minimum absolute atomic E-state index is 0.156. The van der Waals surface area contributed by atoms with Gasteiger partial charge in [0.25, 0.3) is 5.56 Å². The van der Waals surface area contributed by atoms with Gasteiger partial charge < -0.3 is 9.64 Å². The number of nitrogens with zero attached hydrogens (tertiary/aromatic N) is 5. The molecule has 1 aromatic carbocycles. The molecule has 7 nitrogen and oxygen atoms in total. The fourth-order valence-electron chi connectivity index (χ4n) is 4.07. The van der Waals surface area contributed by atoms with E-state index in [2.05, 4.69) is 15.0 Å². The molecule has 4 heterocycles. The third-order valence-corrected chi connectivity index (χ3v) is 5.86. The molecule has 0 bridgehead atoms. The minimum atomic E-state index is -0.470. The first kappa shape index (κ1) is 20.7. The maximum atomic E-state index is 14.9. The summed E-state index contributed by atoms with van der Waals surface area (Å²) in [7, 11) is 1.86. The molecule has 9 heteroatoms. The predicted molar refractivity (Wildman–Crippen MR) is 121 cm³/mol. The van der Waals surface area contributed by atoms with Crippen LogP contribution in [0.5, 0.6) is 0 Å². The summed E-state index contributed by atoms with van der Waals surface area (Å²) in [4.78, 5) is 19.5. The average molecular weight is 454 g/mol. The number of ether oxygens (including phenoxy) is 1. The average Bonchev–Trinajstić information content (AvgIpc) is 3.20. The number of anilines is 1. The third kappa shape index (κ3) is 3.76. The Hall–Kier alpha value is -3.23. The number of rotatable bonds is 3. The molecule has 0 amide bonds. The number of hydrogen-bond donors (Lipinski definition) is 0. The molecule has 3 aromatic heterocycles. The molecule has 0 spiro atoms. The summed E-state index contributed by atoms with van der Waals surface area (Å²) in [6, 6.07) is 7.85.